The molecule has 1 aromatic rings. The van der Waals surface area contributed by atoms with Crippen LogP contribution in [-0.4, -0.2) is 33.7 Å². The largest absolute Gasteiger partial charge is 0.387 e. The average Bonchev–Trinajstić information content (AvgIpc) is 2.59. The number of rotatable bonds is 3. The molecule has 0 aliphatic carbocycles. The van der Waals surface area contributed by atoms with E-state index in [1.807, 2.05) is 30.9 Å². The van der Waals surface area contributed by atoms with E-state index in [0.29, 0.717) is 11.2 Å². The van der Waals surface area contributed by atoms with E-state index < -0.39 is 6.10 Å². The van der Waals surface area contributed by atoms with Gasteiger partial charge in [-0.3, -0.25) is 4.98 Å². The number of pyridine rings is 1. The maximum Gasteiger partial charge on any atom is 0.0957 e. The van der Waals surface area contributed by atoms with Gasteiger partial charge >= 0.3 is 0 Å². The van der Waals surface area contributed by atoms with Gasteiger partial charge in [-0.1, -0.05) is 20.8 Å². The average molecular weight is 280 g/mol. The summed E-state index contributed by atoms with van der Waals surface area (Å²) in [4.78, 5) is 6.79. The van der Waals surface area contributed by atoms with Gasteiger partial charge < -0.3 is 10.0 Å². The van der Waals surface area contributed by atoms with E-state index >= 15 is 0 Å². The summed E-state index contributed by atoms with van der Waals surface area (Å²) < 4.78 is 0.376. The van der Waals surface area contributed by atoms with Crippen molar-refractivity contribution in [2.45, 2.75) is 44.5 Å². The number of aromatic nitrogens is 1. The third kappa shape index (κ3) is 3.86. The lowest BCUT2D eigenvalue weighted by atomic mass is 10.1. The molecule has 1 aliphatic heterocycles. The lowest BCUT2D eigenvalue weighted by Crippen LogP contribution is -2.27. The topological polar surface area (TPSA) is 36.4 Å². The van der Waals surface area contributed by atoms with Crippen molar-refractivity contribution in [1.82, 2.24) is 4.98 Å². The molecule has 19 heavy (non-hydrogen) atoms. The summed E-state index contributed by atoms with van der Waals surface area (Å²) in [6.07, 6.45) is 3.36. The Bertz CT molecular complexity index is 405. The molecule has 1 N–H and O–H groups in total. The molecule has 0 bridgehead atoms. The molecule has 3 nitrogen and oxygen atoms in total. The van der Waals surface area contributed by atoms with E-state index in [0.717, 1.165) is 24.5 Å². The number of aliphatic hydroxyl groups excluding tert-OH is 1. The molecule has 0 aromatic carbocycles. The Morgan fingerprint density at radius 2 is 2.21 bits per heavy atom. The third-order valence-electron chi connectivity index (χ3n) is 3.70. The van der Waals surface area contributed by atoms with E-state index in [1.165, 1.54) is 12.1 Å². The van der Waals surface area contributed by atoms with E-state index in [4.69, 9.17) is 0 Å². The monoisotopic (exact) mass is 280 g/mol. The fourth-order valence-electron chi connectivity index (χ4n) is 2.27. The van der Waals surface area contributed by atoms with Crippen LogP contribution in [0.5, 0.6) is 0 Å². The van der Waals surface area contributed by atoms with E-state index in [-0.39, 0.29) is 0 Å². The van der Waals surface area contributed by atoms with Crippen LogP contribution in [0.15, 0.2) is 18.3 Å². The number of hydrogen-bond acceptors (Lipinski definition) is 4. The first-order valence-electron chi connectivity index (χ1n) is 7.05. The minimum Gasteiger partial charge on any atom is -0.387 e. The molecule has 1 aromatic heterocycles. The second-order valence-electron chi connectivity index (χ2n) is 5.71. The van der Waals surface area contributed by atoms with Gasteiger partial charge in [0.05, 0.1) is 23.7 Å². The molecule has 106 valence electrons. The maximum atomic E-state index is 9.76. The van der Waals surface area contributed by atoms with Crippen LogP contribution in [0.1, 0.15) is 45.4 Å². The van der Waals surface area contributed by atoms with E-state index in [9.17, 15) is 5.11 Å². The molecule has 1 fully saturated rings. The van der Waals surface area contributed by atoms with Crippen molar-refractivity contribution in [1.29, 1.82) is 0 Å². The van der Waals surface area contributed by atoms with Gasteiger partial charge in [-0.15, -0.1) is 0 Å². The zero-order valence-corrected chi connectivity index (χ0v) is 12.9. The van der Waals surface area contributed by atoms with Gasteiger partial charge in [-0.2, -0.15) is 11.8 Å². The van der Waals surface area contributed by atoms with Gasteiger partial charge in [0.25, 0.3) is 0 Å². The summed E-state index contributed by atoms with van der Waals surface area (Å²) in [6, 6.07) is 4.04. The molecule has 2 heterocycles. The predicted molar refractivity (Wildman–Crippen MR) is 82.9 cm³/mol. The van der Waals surface area contributed by atoms with E-state index in [1.54, 1.807) is 0 Å². The zero-order chi connectivity index (χ0) is 13.9. The molecule has 0 amide bonds. The van der Waals surface area contributed by atoms with Crippen molar-refractivity contribution in [3.8, 4) is 0 Å². The summed E-state index contributed by atoms with van der Waals surface area (Å²) in [6.45, 7) is 8.76. The maximum absolute atomic E-state index is 9.76. The second kappa shape index (κ2) is 6.14. The summed E-state index contributed by atoms with van der Waals surface area (Å²) in [5.41, 5.74) is 1.95. The molecule has 2 rings (SSSR count). The fourth-order valence-corrected chi connectivity index (χ4v) is 3.37. The van der Waals surface area contributed by atoms with Crippen LogP contribution >= 0.6 is 11.8 Å². The lowest BCUT2D eigenvalue weighted by Gasteiger charge is -2.24. The minimum absolute atomic E-state index is 0.376. The number of hydrogen-bond donors (Lipinski definition) is 1. The SMILES string of the molecule is CC[C@@H](O)c1ccc(N2CCSC(C)(C)CC2)cn1. The number of nitrogens with zero attached hydrogens (tertiary/aromatic N) is 2. The van der Waals surface area contributed by atoms with Crippen LogP contribution < -0.4 is 4.90 Å². The van der Waals surface area contributed by atoms with Gasteiger partial charge in [0.2, 0.25) is 0 Å². The van der Waals surface area contributed by atoms with Gasteiger partial charge in [0.1, 0.15) is 0 Å². The summed E-state index contributed by atoms with van der Waals surface area (Å²) in [5.74, 6) is 1.16. The van der Waals surface area contributed by atoms with Crippen LogP contribution in [0.3, 0.4) is 0 Å². The van der Waals surface area contributed by atoms with Crippen molar-refractivity contribution >= 4 is 17.4 Å². The Kier molecular flexibility index (Phi) is 4.74. The highest BCUT2D eigenvalue weighted by Crippen LogP contribution is 2.32. The highest BCUT2D eigenvalue weighted by molar-refractivity contribution is 8.00. The fraction of sp³-hybridized carbons (Fsp3) is 0.667. The number of anilines is 1. The molecule has 1 atom stereocenters. The van der Waals surface area contributed by atoms with Gasteiger partial charge in [0.15, 0.2) is 0 Å². The quantitative estimate of drug-likeness (QED) is 0.922. The second-order valence-corrected chi connectivity index (χ2v) is 7.51. The molecule has 0 unspecified atom stereocenters. The van der Waals surface area contributed by atoms with Gasteiger partial charge in [0, 0.05) is 23.6 Å². The van der Waals surface area contributed by atoms with Crippen LogP contribution in [0.25, 0.3) is 0 Å². The predicted octanol–water partition coefficient (Wildman–Crippen LogP) is 3.25. The molecule has 4 heteroatoms. The van der Waals surface area contributed by atoms with Crippen molar-refractivity contribution in [3.63, 3.8) is 0 Å². The highest BCUT2D eigenvalue weighted by atomic mass is 32.2. The first-order chi connectivity index (χ1) is 9.02. The lowest BCUT2D eigenvalue weighted by molar-refractivity contribution is 0.169. The Morgan fingerprint density at radius 3 is 2.84 bits per heavy atom. The van der Waals surface area contributed by atoms with Crippen LogP contribution in [0.4, 0.5) is 5.69 Å². The Hall–Kier alpha value is -0.740. The smallest absolute Gasteiger partial charge is 0.0957 e. The molecule has 1 aliphatic rings. The first-order valence-corrected chi connectivity index (χ1v) is 8.03. The molecule has 0 radical (unpaired) electrons. The Balaban J connectivity index is 2.05. The highest BCUT2D eigenvalue weighted by Gasteiger charge is 2.23. The van der Waals surface area contributed by atoms with Crippen LogP contribution in [0, 0.1) is 0 Å². The number of thioether (sulfide) groups is 1. The normalized spacial score (nSPS) is 20.9. The molecule has 1 saturated heterocycles. The van der Waals surface area contributed by atoms with Gasteiger partial charge in [-0.05, 0) is 25.0 Å². The summed E-state index contributed by atoms with van der Waals surface area (Å²) in [7, 11) is 0. The van der Waals surface area contributed by atoms with Crippen molar-refractivity contribution in [3.05, 3.63) is 24.0 Å². The Labute approximate surface area is 120 Å². The zero-order valence-electron chi connectivity index (χ0n) is 12.1. The molecule has 0 spiro atoms. The first kappa shape index (κ1) is 14.7. The number of aliphatic hydroxyl groups is 1. The third-order valence-corrected chi connectivity index (χ3v) is 5.07. The van der Waals surface area contributed by atoms with Gasteiger partial charge in [-0.25, -0.2) is 0 Å². The standard InChI is InChI=1S/C15H24N2OS/c1-4-14(18)13-6-5-12(11-16-13)17-8-7-15(2,3)19-10-9-17/h5-6,11,14,18H,4,7-10H2,1-3H3/t14-/m1/s1. The van der Waals surface area contributed by atoms with Crippen molar-refractivity contribution in [2.75, 3.05) is 23.7 Å². The molecule has 0 saturated carbocycles. The van der Waals surface area contributed by atoms with Crippen LogP contribution in [-0.2, 0) is 0 Å². The molecular weight excluding hydrogens is 256 g/mol. The van der Waals surface area contributed by atoms with Crippen molar-refractivity contribution in [2.24, 2.45) is 0 Å². The summed E-state index contributed by atoms with van der Waals surface area (Å²) in [5, 5.41) is 9.76. The Morgan fingerprint density at radius 1 is 1.42 bits per heavy atom. The summed E-state index contributed by atoms with van der Waals surface area (Å²) >= 11 is 2.05. The van der Waals surface area contributed by atoms with Crippen molar-refractivity contribution < 1.29 is 5.11 Å². The van der Waals surface area contributed by atoms with E-state index in [2.05, 4.69) is 29.8 Å². The van der Waals surface area contributed by atoms with Crippen LogP contribution in [0.2, 0.25) is 0 Å². The minimum atomic E-state index is -0.437. The molecular formula is C15H24N2OS.